The van der Waals surface area contributed by atoms with Crippen LogP contribution in [0.1, 0.15) is 31.9 Å². The maximum Gasteiger partial charge on any atom is 0.0659 e. The number of ether oxygens (including phenoxy) is 1. The number of benzene rings is 2. The van der Waals surface area contributed by atoms with E-state index >= 15 is 0 Å². The fourth-order valence-electron chi connectivity index (χ4n) is 2.18. The largest absolute Gasteiger partial charge is 0.379 e. The second-order valence-electron chi connectivity index (χ2n) is 5.85. The monoisotopic (exact) mass is 283 g/mol. The molecule has 2 N–H and O–H groups in total. The Balaban J connectivity index is 1.89. The summed E-state index contributed by atoms with van der Waals surface area (Å²) in [6.45, 7) is 5.77. The molecule has 0 radical (unpaired) electrons. The molecule has 2 rings (SSSR count). The SMILES string of the molecule is CC(C)CCOCC(N)c1ccc(-c2ccccc2)cc1. The van der Waals surface area contributed by atoms with Gasteiger partial charge in [-0.25, -0.2) is 0 Å². The van der Waals surface area contributed by atoms with Gasteiger partial charge in [-0.3, -0.25) is 0 Å². The smallest absolute Gasteiger partial charge is 0.0659 e. The Labute approximate surface area is 127 Å². The second-order valence-corrected chi connectivity index (χ2v) is 5.85. The molecular weight excluding hydrogens is 258 g/mol. The van der Waals surface area contributed by atoms with Crippen molar-refractivity contribution < 1.29 is 4.74 Å². The summed E-state index contributed by atoms with van der Waals surface area (Å²) in [7, 11) is 0. The third-order valence-corrected chi connectivity index (χ3v) is 3.58. The molecule has 0 aliphatic carbocycles. The van der Waals surface area contributed by atoms with E-state index in [1.165, 1.54) is 11.1 Å². The number of hydrogen-bond donors (Lipinski definition) is 1. The average Bonchev–Trinajstić information content (AvgIpc) is 2.52. The lowest BCUT2D eigenvalue weighted by molar-refractivity contribution is 0.111. The predicted octanol–water partition coefficient (Wildman–Crippen LogP) is 4.42. The predicted molar refractivity (Wildman–Crippen MR) is 89.1 cm³/mol. The van der Waals surface area contributed by atoms with Crippen LogP contribution in [0.15, 0.2) is 54.6 Å². The van der Waals surface area contributed by atoms with Gasteiger partial charge in [0.1, 0.15) is 0 Å². The summed E-state index contributed by atoms with van der Waals surface area (Å²) in [6.07, 6.45) is 1.08. The van der Waals surface area contributed by atoms with Crippen molar-refractivity contribution >= 4 is 0 Å². The van der Waals surface area contributed by atoms with E-state index in [-0.39, 0.29) is 6.04 Å². The third kappa shape index (κ3) is 5.00. The van der Waals surface area contributed by atoms with Crippen LogP contribution in [0, 0.1) is 5.92 Å². The van der Waals surface area contributed by atoms with E-state index in [1.807, 2.05) is 6.07 Å². The molecule has 0 aromatic heterocycles. The molecule has 2 aromatic rings. The first kappa shape index (κ1) is 15.7. The van der Waals surface area contributed by atoms with Gasteiger partial charge >= 0.3 is 0 Å². The van der Waals surface area contributed by atoms with Crippen molar-refractivity contribution in [2.75, 3.05) is 13.2 Å². The summed E-state index contributed by atoms with van der Waals surface area (Å²) in [5, 5.41) is 0. The molecule has 1 unspecified atom stereocenters. The normalized spacial score (nSPS) is 12.6. The minimum absolute atomic E-state index is 0.0537. The first-order valence-corrected chi connectivity index (χ1v) is 7.65. The van der Waals surface area contributed by atoms with Gasteiger partial charge in [0.05, 0.1) is 12.6 Å². The number of nitrogens with two attached hydrogens (primary N) is 1. The zero-order valence-corrected chi connectivity index (χ0v) is 13.0. The van der Waals surface area contributed by atoms with Crippen LogP contribution in [0.25, 0.3) is 11.1 Å². The molecule has 0 aliphatic rings. The molecule has 0 saturated heterocycles. The molecule has 21 heavy (non-hydrogen) atoms. The van der Waals surface area contributed by atoms with E-state index in [0.717, 1.165) is 18.6 Å². The highest BCUT2D eigenvalue weighted by molar-refractivity contribution is 5.63. The molecule has 2 heteroatoms. The Morgan fingerprint density at radius 3 is 2.14 bits per heavy atom. The molecule has 0 amide bonds. The van der Waals surface area contributed by atoms with Crippen LogP contribution in [0.2, 0.25) is 0 Å². The van der Waals surface area contributed by atoms with Gasteiger partial charge in [0.2, 0.25) is 0 Å². The van der Waals surface area contributed by atoms with Crippen molar-refractivity contribution in [1.29, 1.82) is 0 Å². The highest BCUT2D eigenvalue weighted by Crippen LogP contribution is 2.21. The van der Waals surface area contributed by atoms with E-state index in [2.05, 4.69) is 62.4 Å². The van der Waals surface area contributed by atoms with Gasteiger partial charge in [-0.05, 0) is 29.0 Å². The summed E-state index contributed by atoms with van der Waals surface area (Å²) in [5.41, 5.74) is 9.74. The average molecular weight is 283 g/mol. The fourth-order valence-corrected chi connectivity index (χ4v) is 2.18. The molecule has 2 nitrogen and oxygen atoms in total. The molecule has 0 bridgehead atoms. The summed E-state index contributed by atoms with van der Waals surface area (Å²) in [5.74, 6) is 0.673. The van der Waals surface area contributed by atoms with Crippen LogP contribution >= 0.6 is 0 Å². The first-order valence-electron chi connectivity index (χ1n) is 7.65. The Hall–Kier alpha value is -1.64. The molecule has 2 aromatic carbocycles. The van der Waals surface area contributed by atoms with E-state index < -0.39 is 0 Å². The lowest BCUT2D eigenvalue weighted by atomic mass is 10.0. The maximum atomic E-state index is 6.18. The summed E-state index contributed by atoms with van der Waals surface area (Å²) in [6, 6.07) is 18.8. The Morgan fingerprint density at radius 1 is 0.905 bits per heavy atom. The van der Waals surface area contributed by atoms with Gasteiger partial charge < -0.3 is 10.5 Å². The van der Waals surface area contributed by atoms with E-state index in [1.54, 1.807) is 0 Å². The van der Waals surface area contributed by atoms with E-state index in [4.69, 9.17) is 10.5 Å². The van der Waals surface area contributed by atoms with Crippen molar-refractivity contribution in [1.82, 2.24) is 0 Å². The zero-order chi connectivity index (χ0) is 15.1. The Bertz CT molecular complexity index is 519. The van der Waals surface area contributed by atoms with Crippen LogP contribution in [0.5, 0.6) is 0 Å². The highest BCUT2D eigenvalue weighted by Gasteiger charge is 2.07. The molecule has 0 spiro atoms. The topological polar surface area (TPSA) is 35.2 Å². The zero-order valence-electron chi connectivity index (χ0n) is 13.0. The summed E-state index contributed by atoms with van der Waals surface area (Å²) < 4.78 is 5.65. The van der Waals surface area contributed by atoms with Crippen molar-refractivity contribution in [3.8, 4) is 11.1 Å². The minimum atomic E-state index is -0.0537. The number of hydrogen-bond acceptors (Lipinski definition) is 2. The van der Waals surface area contributed by atoms with Gasteiger partial charge in [0.15, 0.2) is 0 Å². The van der Waals surface area contributed by atoms with Crippen molar-refractivity contribution in [3.63, 3.8) is 0 Å². The van der Waals surface area contributed by atoms with Crippen LogP contribution < -0.4 is 5.73 Å². The molecular formula is C19H25NO. The van der Waals surface area contributed by atoms with Gasteiger partial charge in [0, 0.05) is 6.61 Å². The minimum Gasteiger partial charge on any atom is -0.379 e. The van der Waals surface area contributed by atoms with Gasteiger partial charge in [0.25, 0.3) is 0 Å². The Morgan fingerprint density at radius 2 is 1.52 bits per heavy atom. The fraction of sp³-hybridized carbons (Fsp3) is 0.368. The number of rotatable bonds is 7. The third-order valence-electron chi connectivity index (χ3n) is 3.58. The maximum absolute atomic E-state index is 6.18. The molecule has 0 heterocycles. The molecule has 0 fully saturated rings. The van der Waals surface area contributed by atoms with Crippen molar-refractivity contribution in [2.45, 2.75) is 26.3 Å². The van der Waals surface area contributed by atoms with Crippen LogP contribution in [-0.2, 0) is 4.74 Å². The summed E-state index contributed by atoms with van der Waals surface area (Å²) in [4.78, 5) is 0. The lowest BCUT2D eigenvalue weighted by Gasteiger charge is -2.14. The lowest BCUT2D eigenvalue weighted by Crippen LogP contribution is -2.17. The molecule has 1 atom stereocenters. The highest BCUT2D eigenvalue weighted by atomic mass is 16.5. The van der Waals surface area contributed by atoms with Gasteiger partial charge in [-0.15, -0.1) is 0 Å². The van der Waals surface area contributed by atoms with Crippen molar-refractivity contribution in [3.05, 3.63) is 60.2 Å². The first-order chi connectivity index (χ1) is 10.2. The van der Waals surface area contributed by atoms with E-state index in [9.17, 15) is 0 Å². The Kier molecular flexibility index (Phi) is 5.97. The molecule has 0 saturated carbocycles. The molecule has 0 aliphatic heterocycles. The quantitative estimate of drug-likeness (QED) is 0.764. The van der Waals surface area contributed by atoms with Crippen molar-refractivity contribution in [2.24, 2.45) is 11.7 Å². The van der Waals surface area contributed by atoms with Crippen LogP contribution in [-0.4, -0.2) is 13.2 Å². The van der Waals surface area contributed by atoms with Gasteiger partial charge in [-0.1, -0.05) is 68.4 Å². The second kappa shape index (κ2) is 7.96. The van der Waals surface area contributed by atoms with Crippen LogP contribution in [0.3, 0.4) is 0 Å². The standard InChI is InChI=1S/C19H25NO/c1-15(2)12-13-21-14-19(20)18-10-8-17(9-11-18)16-6-4-3-5-7-16/h3-11,15,19H,12-14,20H2,1-2H3. The van der Waals surface area contributed by atoms with E-state index in [0.29, 0.717) is 12.5 Å². The van der Waals surface area contributed by atoms with Crippen LogP contribution in [0.4, 0.5) is 0 Å². The molecule has 112 valence electrons. The summed E-state index contributed by atoms with van der Waals surface area (Å²) >= 11 is 0. The van der Waals surface area contributed by atoms with Gasteiger partial charge in [-0.2, -0.15) is 0 Å².